The van der Waals surface area contributed by atoms with Gasteiger partial charge in [0.1, 0.15) is 5.82 Å². The van der Waals surface area contributed by atoms with Crippen LogP contribution in [0.1, 0.15) is 17.4 Å². The maximum Gasteiger partial charge on any atom is 0.416 e. The molecule has 0 spiro atoms. The Kier molecular flexibility index (Phi) is 3.79. The van der Waals surface area contributed by atoms with Crippen LogP contribution in [0.5, 0.6) is 0 Å². The molecule has 18 heavy (non-hydrogen) atoms. The van der Waals surface area contributed by atoms with Crippen molar-refractivity contribution >= 4 is 11.6 Å². The van der Waals surface area contributed by atoms with Gasteiger partial charge in [0.25, 0.3) is 0 Å². The average Bonchev–Trinajstić information content (AvgIpc) is 2.75. The first-order valence-electron chi connectivity index (χ1n) is 5.11. The van der Waals surface area contributed by atoms with Crippen molar-refractivity contribution in [3.8, 4) is 0 Å². The van der Waals surface area contributed by atoms with Gasteiger partial charge in [0.2, 0.25) is 0 Å². The van der Waals surface area contributed by atoms with Crippen LogP contribution in [0.15, 0.2) is 18.2 Å². The lowest BCUT2D eigenvalue weighted by Gasteiger charge is -2.13. The van der Waals surface area contributed by atoms with E-state index in [1.807, 2.05) is 0 Å². The van der Waals surface area contributed by atoms with Crippen molar-refractivity contribution in [2.75, 3.05) is 12.5 Å². The minimum absolute atomic E-state index is 0.00468. The predicted octanol–water partition coefficient (Wildman–Crippen LogP) is 3.50. The zero-order valence-electron chi connectivity index (χ0n) is 9.01. The summed E-state index contributed by atoms with van der Waals surface area (Å²) in [7, 11) is 0. The lowest BCUT2D eigenvalue weighted by atomic mass is 10.1. The molecule has 1 aliphatic rings. The largest absolute Gasteiger partial charge is 0.416 e. The van der Waals surface area contributed by atoms with E-state index in [1.165, 1.54) is 0 Å². The van der Waals surface area contributed by atoms with Crippen LogP contribution < -0.4 is 0 Å². The Morgan fingerprint density at radius 1 is 1.28 bits per heavy atom. The van der Waals surface area contributed by atoms with Gasteiger partial charge in [0.05, 0.1) is 24.2 Å². The van der Waals surface area contributed by atoms with E-state index in [0.717, 1.165) is 12.1 Å². The Balaban J connectivity index is 2.26. The first-order chi connectivity index (χ1) is 8.40. The number of hydrogen-bond donors (Lipinski definition) is 0. The van der Waals surface area contributed by atoms with Crippen LogP contribution in [-0.2, 0) is 15.7 Å². The molecule has 2 nitrogen and oxygen atoms in total. The summed E-state index contributed by atoms with van der Waals surface area (Å²) < 4.78 is 61.0. The molecule has 1 fully saturated rings. The van der Waals surface area contributed by atoms with Crippen LogP contribution in [0.3, 0.4) is 0 Å². The van der Waals surface area contributed by atoms with Crippen molar-refractivity contribution in [1.82, 2.24) is 0 Å². The molecule has 0 saturated carbocycles. The van der Waals surface area contributed by atoms with Crippen molar-refractivity contribution < 1.29 is 27.0 Å². The quantitative estimate of drug-likeness (QED) is 0.611. The van der Waals surface area contributed by atoms with Crippen LogP contribution in [0, 0.1) is 5.82 Å². The monoisotopic (exact) mass is 284 g/mol. The number of halogens is 5. The first kappa shape index (κ1) is 13.6. The molecular formula is C11H9ClF4O2. The molecule has 100 valence electrons. The minimum Gasteiger partial charge on any atom is -0.346 e. The molecule has 1 heterocycles. The van der Waals surface area contributed by atoms with E-state index < -0.39 is 30.0 Å². The van der Waals surface area contributed by atoms with Crippen LogP contribution in [0.2, 0.25) is 0 Å². The standard InChI is InChI=1S/C11H9ClF4O2/c12-4-9-5-17-10(18-9)6-1-7(11(14,15)16)3-8(13)2-6/h1-3,9-10H,4-5H2. The van der Waals surface area contributed by atoms with Gasteiger partial charge in [-0.1, -0.05) is 0 Å². The molecule has 1 aliphatic heterocycles. The van der Waals surface area contributed by atoms with E-state index in [1.54, 1.807) is 0 Å². The number of ether oxygens (including phenoxy) is 2. The number of alkyl halides is 4. The normalized spacial score (nSPS) is 24.5. The van der Waals surface area contributed by atoms with Crippen molar-refractivity contribution in [1.29, 1.82) is 0 Å². The molecule has 0 radical (unpaired) electrons. The Labute approximate surface area is 105 Å². The predicted molar refractivity (Wildman–Crippen MR) is 55.7 cm³/mol. The highest BCUT2D eigenvalue weighted by Gasteiger charge is 2.34. The molecule has 2 atom stereocenters. The molecule has 7 heteroatoms. The van der Waals surface area contributed by atoms with Gasteiger partial charge in [-0.2, -0.15) is 13.2 Å². The van der Waals surface area contributed by atoms with Gasteiger partial charge in [-0.15, -0.1) is 11.6 Å². The molecule has 1 saturated heterocycles. The fourth-order valence-corrected chi connectivity index (χ4v) is 1.78. The Morgan fingerprint density at radius 2 is 2.00 bits per heavy atom. The van der Waals surface area contributed by atoms with Crippen molar-refractivity contribution in [3.63, 3.8) is 0 Å². The highest BCUT2D eigenvalue weighted by Crippen LogP contribution is 2.34. The average molecular weight is 285 g/mol. The van der Waals surface area contributed by atoms with Crippen molar-refractivity contribution in [2.24, 2.45) is 0 Å². The molecule has 2 unspecified atom stereocenters. The summed E-state index contributed by atoms with van der Waals surface area (Å²) in [5.74, 6) is -0.820. The summed E-state index contributed by atoms with van der Waals surface area (Å²) in [6.07, 6.45) is -6.01. The molecule has 0 aromatic heterocycles. The van der Waals surface area contributed by atoms with Crippen LogP contribution in [0.25, 0.3) is 0 Å². The third-order valence-corrected chi connectivity index (χ3v) is 2.79. The zero-order chi connectivity index (χ0) is 13.3. The molecule has 0 amide bonds. The summed E-state index contributed by atoms with van der Waals surface area (Å²) in [5, 5.41) is 0. The van der Waals surface area contributed by atoms with E-state index >= 15 is 0 Å². The fraction of sp³-hybridized carbons (Fsp3) is 0.455. The molecule has 1 aromatic carbocycles. The van der Waals surface area contributed by atoms with Crippen LogP contribution in [-0.4, -0.2) is 18.6 Å². The van der Waals surface area contributed by atoms with Gasteiger partial charge in [-0.05, 0) is 18.2 Å². The molecular weight excluding hydrogens is 276 g/mol. The first-order valence-corrected chi connectivity index (χ1v) is 5.64. The molecule has 0 aliphatic carbocycles. The van der Waals surface area contributed by atoms with E-state index in [9.17, 15) is 17.6 Å². The van der Waals surface area contributed by atoms with Gasteiger partial charge >= 0.3 is 6.18 Å². The van der Waals surface area contributed by atoms with E-state index in [-0.39, 0.29) is 18.1 Å². The van der Waals surface area contributed by atoms with Gasteiger partial charge in [-0.3, -0.25) is 0 Å². The Bertz CT molecular complexity index is 436. The number of hydrogen-bond acceptors (Lipinski definition) is 2. The van der Waals surface area contributed by atoms with Gasteiger partial charge in [0, 0.05) is 5.56 Å². The zero-order valence-corrected chi connectivity index (χ0v) is 9.76. The third-order valence-electron chi connectivity index (χ3n) is 2.44. The minimum atomic E-state index is -4.61. The molecule has 0 bridgehead atoms. The maximum absolute atomic E-state index is 13.2. The molecule has 2 rings (SSSR count). The third kappa shape index (κ3) is 2.93. The summed E-state index contributed by atoms with van der Waals surface area (Å²) >= 11 is 5.54. The van der Waals surface area contributed by atoms with E-state index in [0.29, 0.717) is 6.07 Å². The van der Waals surface area contributed by atoms with Gasteiger partial charge in [0.15, 0.2) is 6.29 Å². The van der Waals surface area contributed by atoms with Crippen molar-refractivity contribution in [2.45, 2.75) is 18.6 Å². The highest BCUT2D eigenvalue weighted by atomic mass is 35.5. The fourth-order valence-electron chi connectivity index (χ4n) is 1.62. The van der Waals surface area contributed by atoms with Crippen LogP contribution >= 0.6 is 11.6 Å². The van der Waals surface area contributed by atoms with Crippen molar-refractivity contribution in [3.05, 3.63) is 35.1 Å². The summed E-state index contributed by atoms with van der Waals surface area (Å²) in [6, 6.07) is 2.19. The second-order valence-electron chi connectivity index (χ2n) is 3.85. The Hall–Kier alpha value is -0.850. The summed E-state index contributed by atoms with van der Waals surface area (Å²) in [5.41, 5.74) is -1.08. The smallest absolute Gasteiger partial charge is 0.346 e. The lowest BCUT2D eigenvalue weighted by molar-refractivity contribution is -0.138. The lowest BCUT2D eigenvalue weighted by Crippen LogP contribution is -2.11. The topological polar surface area (TPSA) is 18.5 Å². The summed E-state index contributed by atoms with van der Waals surface area (Å²) in [6.45, 7) is 0.173. The second-order valence-corrected chi connectivity index (χ2v) is 4.16. The van der Waals surface area contributed by atoms with Crippen LogP contribution in [0.4, 0.5) is 17.6 Å². The van der Waals surface area contributed by atoms with E-state index in [4.69, 9.17) is 21.1 Å². The molecule has 1 aromatic rings. The molecule has 0 N–H and O–H groups in total. The Morgan fingerprint density at radius 3 is 2.56 bits per heavy atom. The number of benzene rings is 1. The van der Waals surface area contributed by atoms with Gasteiger partial charge in [-0.25, -0.2) is 4.39 Å². The highest BCUT2D eigenvalue weighted by molar-refractivity contribution is 6.18. The van der Waals surface area contributed by atoms with Gasteiger partial charge < -0.3 is 9.47 Å². The SMILES string of the molecule is Fc1cc(C2OCC(CCl)O2)cc(C(F)(F)F)c1. The maximum atomic E-state index is 13.2. The number of rotatable bonds is 2. The second kappa shape index (κ2) is 5.03. The van der Waals surface area contributed by atoms with E-state index in [2.05, 4.69) is 0 Å². The summed E-state index contributed by atoms with van der Waals surface area (Å²) in [4.78, 5) is 0.